The van der Waals surface area contributed by atoms with Crippen LogP contribution < -0.4 is 5.32 Å². The normalized spacial score (nSPS) is 34.2. The van der Waals surface area contributed by atoms with E-state index < -0.39 is 5.60 Å². The van der Waals surface area contributed by atoms with E-state index in [1.807, 2.05) is 0 Å². The van der Waals surface area contributed by atoms with Gasteiger partial charge in [-0.05, 0) is 44.4 Å². The Balaban J connectivity index is 1.74. The number of amides is 1. The number of hydrogen-bond donors (Lipinski definition) is 2. The quantitative estimate of drug-likeness (QED) is 0.816. The fourth-order valence-corrected chi connectivity index (χ4v) is 3.40. The van der Waals surface area contributed by atoms with Crippen LogP contribution in [0.5, 0.6) is 0 Å². The molecule has 0 aromatic carbocycles. The highest BCUT2D eigenvalue weighted by Crippen LogP contribution is 2.32. The van der Waals surface area contributed by atoms with E-state index in [1.165, 1.54) is 0 Å². The van der Waals surface area contributed by atoms with Crippen LogP contribution in [-0.4, -0.2) is 47.2 Å². The van der Waals surface area contributed by atoms with Crippen LogP contribution in [0.4, 0.5) is 0 Å². The Labute approximate surface area is 116 Å². The van der Waals surface area contributed by atoms with E-state index in [9.17, 15) is 9.90 Å². The van der Waals surface area contributed by atoms with Gasteiger partial charge in [-0.15, -0.1) is 0 Å². The third kappa shape index (κ3) is 4.46. The molecular formula is C15H28N2O2. The number of carbonyl (C=O) groups excluding carboxylic acids is 1. The minimum absolute atomic E-state index is 0.0679. The molecule has 2 rings (SSSR count). The molecule has 0 aromatic rings. The number of likely N-dealkylation sites (tertiary alicyclic amines) is 1. The number of nitrogens with zero attached hydrogens (tertiary/aromatic N) is 1. The van der Waals surface area contributed by atoms with Crippen molar-refractivity contribution in [3.63, 3.8) is 0 Å². The van der Waals surface area contributed by atoms with Gasteiger partial charge in [0.05, 0.1) is 5.60 Å². The lowest BCUT2D eigenvalue weighted by Gasteiger charge is -2.41. The smallest absolute Gasteiger partial charge is 0.217 e. The molecule has 0 radical (unpaired) electrons. The molecule has 2 fully saturated rings. The summed E-state index contributed by atoms with van der Waals surface area (Å²) in [5, 5.41) is 13.6. The zero-order valence-corrected chi connectivity index (χ0v) is 12.3. The monoisotopic (exact) mass is 268 g/mol. The summed E-state index contributed by atoms with van der Waals surface area (Å²) in [6.45, 7) is 6.65. The Kier molecular flexibility index (Phi) is 4.85. The van der Waals surface area contributed by atoms with E-state index in [4.69, 9.17) is 0 Å². The van der Waals surface area contributed by atoms with Gasteiger partial charge in [-0.25, -0.2) is 0 Å². The predicted molar refractivity (Wildman–Crippen MR) is 75.9 cm³/mol. The van der Waals surface area contributed by atoms with Crippen LogP contribution in [0.3, 0.4) is 0 Å². The summed E-state index contributed by atoms with van der Waals surface area (Å²) in [6, 6.07) is 0.328. The summed E-state index contributed by atoms with van der Waals surface area (Å²) in [6.07, 6.45) is 6.20. The standard InChI is InChI=1S/C15H28N2O2/c1-12-3-7-15(19,8-4-12)11-17-9-5-14(6-10-17)16-13(2)18/h12,14,19H,3-11H2,1-2H3,(H,16,18). The Morgan fingerprint density at radius 1 is 1.26 bits per heavy atom. The van der Waals surface area contributed by atoms with Gasteiger partial charge in [0.2, 0.25) is 5.91 Å². The van der Waals surface area contributed by atoms with Crippen molar-refractivity contribution in [3.8, 4) is 0 Å². The predicted octanol–water partition coefficient (Wildman–Crippen LogP) is 1.53. The maximum absolute atomic E-state index is 11.0. The van der Waals surface area contributed by atoms with Gasteiger partial charge in [-0.1, -0.05) is 6.92 Å². The van der Waals surface area contributed by atoms with Gasteiger partial charge >= 0.3 is 0 Å². The number of rotatable bonds is 3. The first-order chi connectivity index (χ1) is 8.97. The molecule has 19 heavy (non-hydrogen) atoms. The molecule has 2 N–H and O–H groups in total. The zero-order chi connectivity index (χ0) is 13.9. The van der Waals surface area contributed by atoms with E-state index in [0.717, 1.165) is 64.1 Å². The summed E-state index contributed by atoms with van der Waals surface area (Å²) in [5.41, 5.74) is -0.465. The summed E-state index contributed by atoms with van der Waals surface area (Å²) < 4.78 is 0. The van der Waals surface area contributed by atoms with Crippen molar-refractivity contribution in [2.45, 2.75) is 64.0 Å². The topological polar surface area (TPSA) is 52.6 Å². The molecule has 1 saturated heterocycles. The fourth-order valence-electron chi connectivity index (χ4n) is 3.40. The number of piperidine rings is 1. The second kappa shape index (κ2) is 6.23. The van der Waals surface area contributed by atoms with Crippen molar-refractivity contribution < 1.29 is 9.90 Å². The average Bonchev–Trinajstić information content (AvgIpc) is 2.35. The highest BCUT2D eigenvalue weighted by atomic mass is 16.3. The molecular weight excluding hydrogens is 240 g/mol. The third-order valence-electron chi connectivity index (χ3n) is 4.72. The van der Waals surface area contributed by atoms with Crippen LogP contribution >= 0.6 is 0 Å². The number of hydrogen-bond acceptors (Lipinski definition) is 3. The summed E-state index contributed by atoms with van der Waals surface area (Å²) in [4.78, 5) is 13.4. The van der Waals surface area contributed by atoms with E-state index in [0.29, 0.717) is 6.04 Å². The summed E-state index contributed by atoms with van der Waals surface area (Å²) in [7, 11) is 0. The molecule has 0 aromatic heterocycles. The zero-order valence-electron chi connectivity index (χ0n) is 12.3. The van der Waals surface area contributed by atoms with Crippen molar-refractivity contribution in [2.24, 2.45) is 5.92 Å². The molecule has 0 unspecified atom stereocenters. The maximum Gasteiger partial charge on any atom is 0.217 e. The van der Waals surface area contributed by atoms with Gasteiger partial charge in [0.15, 0.2) is 0 Å². The minimum Gasteiger partial charge on any atom is -0.389 e. The Morgan fingerprint density at radius 3 is 2.37 bits per heavy atom. The van der Waals surface area contributed by atoms with Gasteiger partial charge in [-0.3, -0.25) is 4.79 Å². The molecule has 4 nitrogen and oxygen atoms in total. The highest BCUT2D eigenvalue weighted by Gasteiger charge is 2.34. The first-order valence-electron chi connectivity index (χ1n) is 7.69. The number of aliphatic hydroxyl groups is 1. The summed E-state index contributed by atoms with van der Waals surface area (Å²) >= 11 is 0. The number of nitrogens with one attached hydrogen (secondary N) is 1. The van der Waals surface area contributed by atoms with E-state index in [1.54, 1.807) is 6.92 Å². The Morgan fingerprint density at radius 2 is 1.84 bits per heavy atom. The van der Waals surface area contributed by atoms with Crippen molar-refractivity contribution in [3.05, 3.63) is 0 Å². The molecule has 110 valence electrons. The van der Waals surface area contributed by atoms with Crippen LogP contribution in [0.2, 0.25) is 0 Å². The third-order valence-corrected chi connectivity index (χ3v) is 4.72. The first-order valence-corrected chi connectivity index (χ1v) is 7.69. The molecule has 1 aliphatic carbocycles. The molecule has 0 atom stereocenters. The van der Waals surface area contributed by atoms with Crippen LogP contribution in [-0.2, 0) is 4.79 Å². The lowest BCUT2D eigenvalue weighted by molar-refractivity contribution is -0.120. The Bertz CT molecular complexity index is 303. The van der Waals surface area contributed by atoms with Gasteiger partial charge in [-0.2, -0.15) is 0 Å². The largest absolute Gasteiger partial charge is 0.389 e. The average molecular weight is 268 g/mol. The van der Waals surface area contributed by atoms with Crippen LogP contribution in [0, 0.1) is 5.92 Å². The van der Waals surface area contributed by atoms with Crippen LogP contribution in [0.1, 0.15) is 52.4 Å². The second-order valence-corrected chi connectivity index (χ2v) is 6.66. The first kappa shape index (κ1) is 14.8. The lowest BCUT2D eigenvalue weighted by Crippen LogP contribution is -2.50. The van der Waals surface area contributed by atoms with Gasteiger partial charge in [0, 0.05) is 32.6 Å². The molecule has 1 heterocycles. The van der Waals surface area contributed by atoms with Crippen molar-refractivity contribution >= 4 is 5.91 Å². The lowest BCUT2D eigenvalue weighted by atomic mass is 9.79. The van der Waals surface area contributed by atoms with Crippen molar-refractivity contribution in [1.29, 1.82) is 0 Å². The second-order valence-electron chi connectivity index (χ2n) is 6.66. The van der Waals surface area contributed by atoms with E-state index >= 15 is 0 Å². The molecule has 0 bridgehead atoms. The molecule has 1 amide bonds. The van der Waals surface area contributed by atoms with Crippen molar-refractivity contribution in [1.82, 2.24) is 10.2 Å². The number of β-amino-alcohol motifs (C(OH)–C–C–N with tert-alkyl or cyclic N) is 1. The van der Waals surface area contributed by atoms with E-state index in [-0.39, 0.29) is 5.91 Å². The van der Waals surface area contributed by atoms with Crippen LogP contribution in [0.15, 0.2) is 0 Å². The van der Waals surface area contributed by atoms with Gasteiger partial charge < -0.3 is 15.3 Å². The van der Waals surface area contributed by atoms with Crippen molar-refractivity contribution in [2.75, 3.05) is 19.6 Å². The maximum atomic E-state index is 11.0. The Hall–Kier alpha value is -0.610. The van der Waals surface area contributed by atoms with E-state index in [2.05, 4.69) is 17.1 Å². The highest BCUT2D eigenvalue weighted by molar-refractivity contribution is 5.73. The SMILES string of the molecule is CC(=O)NC1CCN(CC2(O)CCC(C)CC2)CC1. The summed E-state index contributed by atoms with van der Waals surface area (Å²) in [5.74, 6) is 0.837. The van der Waals surface area contributed by atoms with Crippen LogP contribution in [0.25, 0.3) is 0 Å². The van der Waals surface area contributed by atoms with Gasteiger partial charge in [0.1, 0.15) is 0 Å². The molecule has 4 heteroatoms. The molecule has 1 aliphatic heterocycles. The molecule has 0 spiro atoms. The number of carbonyl (C=O) groups is 1. The fraction of sp³-hybridized carbons (Fsp3) is 0.933. The minimum atomic E-state index is -0.465. The molecule has 2 aliphatic rings. The van der Waals surface area contributed by atoms with Gasteiger partial charge in [0.25, 0.3) is 0 Å². The molecule has 1 saturated carbocycles.